The number of hydrogen-bond acceptors (Lipinski definition) is 4. The van der Waals surface area contributed by atoms with Gasteiger partial charge >= 0.3 is 0 Å². The molecule has 2 aliphatic heterocycles. The summed E-state index contributed by atoms with van der Waals surface area (Å²) in [5, 5.41) is 3.16. The molecule has 5 rings (SSSR count). The molecule has 2 aliphatic rings. The smallest absolute Gasteiger partial charge is 0.289 e. The monoisotopic (exact) mass is 430 g/mol. The van der Waals surface area contributed by atoms with Gasteiger partial charge in [-0.2, -0.15) is 0 Å². The lowest BCUT2D eigenvalue weighted by molar-refractivity contribution is -0.125. The summed E-state index contributed by atoms with van der Waals surface area (Å²) < 4.78 is 10.8. The largest absolute Gasteiger partial charge is 0.459 e. The van der Waals surface area contributed by atoms with Crippen molar-refractivity contribution in [2.75, 3.05) is 25.1 Å². The van der Waals surface area contributed by atoms with Gasteiger partial charge in [0.25, 0.3) is 5.91 Å². The average Bonchev–Trinajstić information content (AvgIpc) is 3.39. The second kappa shape index (κ2) is 8.63. The van der Waals surface area contributed by atoms with Gasteiger partial charge in [0.2, 0.25) is 5.91 Å². The van der Waals surface area contributed by atoms with E-state index in [1.807, 2.05) is 42.5 Å². The molecule has 164 valence electrons. The lowest BCUT2D eigenvalue weighted by atomic mass is 9.73. The quantitative estimate of drug-likeness (QED) is 0.675. The van der Waals surface area contributed by atoms with E-state index in [0.717, 1.165) is 23.2 Å². The van der Waals surface area contributed by atoms with Gasteiger partial charge in [0, 0.05) is 32.0 Å². The standard InChI is InChI=1S/C26H26N2O4/c29-24(23-7-4-14-32-23)28-13-10-19-8-9-22(17-20(19)18-28)27-25(30)26(11-15-31-16-12-26)21-5-2-1-3-6-21/h1-9,14,17H,10-13,15-16,18H2,(H,27,30). The zero-order valence-electron chi connectivity index (χ0n) is 17.9. The molecule has 0 unspecified atom stereocenters. The number of hydrogen-bond donors (Lipinski definition) is 1. The first-order chi connectivity index (χ1) is 15.7. The van der Waals surface area contributed by atoms with Crippen LogP contribution in [-0.2, 0) is 27.9 Å². The summed E-state index contributed by atoms with van der Waals surface area (Å²) in [5.41, 5.74) is 3.43. The fourth-order valence-corrected chi connectivity index (χ4v) is 4.74. The highest BCUT2D eigenvalue weighted by Gasteiger charge is 2.41. The molecule has 2 amide bonds. The minimum absolute atomic E-state index is 0.00808. The van der Waals surface area contributed by atoms with Crippen LogP contribution in [0.1, 0.15) is 40.1 Å². The number of fused-ring (bicyclic) bond motifs is 1. The second-order valence-electron chi connectivity index (χ2n) is 8.45. The van der Waals surface area contributed by atoms with Gasteiger partial charge in [0.05, 0.1) is 11.7 Å². The number of carbonyl (C=O) groups excluding carboxylic acids is 2. The van der Waals surface area contributed by atoms with Gasteiger partial charge in [-0.15, -0.1) is 0 Å². The summed E-state index contributed by atoms with van der Waals surface area (Å²) >= 11 is 0. The maximum Gasteiger partial charge on any atom is 0.289 e. The Labute approximate surface area is 187 Å². The highest BCUT2D eigenvalue weighted by Crippen LogP contribution is 2.36. The van der Waals surface area contributed by atoms with Crippen molar-refractivity contribution < 1.29 is 18.7 Å². The number of nitrogens with zero attached hydrogens (tertiary/aromatic N) is 1. The van der Waals surface area contributed by atoms with Gasteiger partial charge in [-0.3, -0.25) is 9.59 Å². The predicted octanol–water partition coefficient (Wildman–Crippen LogP) is 4.17. The first kappa shape index (κ1) is 20.5. The highest BCUT2D eigenvalue weighted by atomic mass is 16.5. The second-order valence-corrected chi connectivity index (χ2v) is 8.45. The van der Waals surface area contributed by atoms with Crippen LogP contribution in [0.2, 0.25) is 0 Å². The normalized spacial score (nSPS) is 17.4. The topological polar surface area (TPSA) is 71.8 Å². The van der Waals surface area contributed by atoms with Crippen molar-refractivity contribution in [1.29, 1.82) is 0 Å². The molecule has 1 N–H and O–H groups in total. The summed E-state index contributed by atoms with van der Waals surface area (Å²) in [7, 11) is 0. The Hall–Kier alpha value is -3.38. The van der Waals surface area contributed by atoms with Gasteiger partial charge < -0.3 is 19.4 Å². The van der Waals surface area contributed by atoms with Crippen LogP contribution in [0.25, 0.3) is 0 Å². The fraction of sp³-hybridized carbons (Fsp3) is 0.308. The van der Waals surface area contributed by atoms with Crippen molar-refractivity contribution in [3.05, 3.63) is 89.4 Å². The number of furan rings is 1. The number of anilines is 1. The molecule has 0 atom stereocenters. The zero-order valence-corrected chi connectivity index (χ0v) is 17.9. The first-order valence-corrected chi connectivity index (χ1v) is 11.0. The van der Waals surface area contributed by atoms with E-state index in [0.29, 0.717) is 44.9 Å². The summed E-state index contributed by atoms with van der Waals surface area (Å²) in [5.74, 6) is 0.230. The summed E-state index contributed by atoms with van der Waals surface area (Å²) in [6.45, 7) is 2.28. The van der Waals surface area contributed by atoms with Crippen LogP contribution in [-0.4, -0.2) is 36.5 Å². The van der Waals surface area contributed by atoms with Crippen LogP contribution in [0, 0.1) is 0 Å². The lowest BCUT2D eigenvalue weighted by Gasteiger charge is -2.36. The fourth-order valence-electron chi connectivity index (χ4n) is 4.74. The molecule has 0 radical (unpaired) electrons. The molecular weight excluding hydrogens is 404 g/mol. The number of benzene rings is 2. The van der Waals surface area contributed by atoms with Crippen LogP contribution in [0.5, 0.6) is 0 Å². The van der Waals surface area contributed by atoms with Crippen molar-refractivity contribution in [3.8, 4) is 0 Å². The third kappa shape index (κ3) is 3.82. The van der Waals surface area contributed by atoms with Crippen LogP contribution in [0.3, 0.4) is 0 Å². The number of amides is 2. The van der Waals surface area contributed by atoms with Crippen molar-refractivity contribution in [2.24, 2.45) is 0 Å². The van der Waals surface area contributed by atoms with E-state index >= 15 is 0 Å². The molecule has 0 bridgehead atoms. The maximum absolute atomic E-state index is 13.5. The van der Waals surface area contributed by atoms with Gasteiger partial charge in [0.15, 0.2) is 5.76 Å². The Balaban J connectivity index is 1.36. The summed E-state index contributed by atoms with van der Waals surface area (Å²) in [6, 6.07) is 19.4. The van der Waals surface area contributed by atoms with Gasteiger partial charge in [-0.25, -0.2) is 0 Å². The SMILES string of the molecule is O=C(c1ccco1)N1CCc2ccc(NC(=O)C3(c4ccccc4)CCOCC3)cc2C1. The third-order valence-electron chi connectivity index (χ3n) is 6.60. The predicted molar refractivity (Wildman–Crippen MR) is 120 cm³/mol. The van der Waals surface area contributed by atoms with Crippen molar-refractivity contribution in [3.63, 3.8) is 0 Å². The molecule has 0 spiro atoms. The van der Waals surface area contributed by atoms with Crippen LogP contribution in [0.15, 0.2) is 71.3 Å². The molecule has 1 fully saturated rings. The minimum atomic E-state index is -0.600. The van der Waals surface area contributed by atoms with Gasteiger partial charge in [-0.1, -0.05) is 36.4 Å². The molecule has 3 aromatic rings. The van der Waals surface area contributed by atoms with E-state index in [1.54, 1.807) is 17.0 Å². The molecule has 0 saturated carbocycles. The lowest BCUT2D eigenvalue weighted by Crippen LogP contribution is -2.44. The minimum Gasteiger partial charge on any atom is -0.459 e. The Morgan fingerprint density at radius 1 is 0.938 bits per heavy atom. The maximum atomic E-state index is 13.5. The molecule has 3 heterocycles. The number of carbonyl (C=O) groups is 2. The zero-order chi connectivity index (χ0) is 22.0. The van der Waals surface area contributed by atoms with Crippen molar-refractivity contribution in [2.45, 2.75) is 31.2 Å². The molecule has 32 heavy (non-hydrogen) atoms. The average molecular weight is 431 g/mol. The molecule has 6 nitrogen and oxygen atoms in total. The Morgan fingerprint density at radius 3 is 2.50 bits per heavy atom. The summed E-state index contributed by atoms with van der Waals surface area (Å²) in [4.78, 5) is 28.0. The summed E-state index contributed by atoms with van der Waals surface area (Å²) in [6.07, 6.45) is 3.59. The van der Waals surface area contributed by atoms with Gasteiger partial charge in [0.1, 0.15) is 0 Å². The Kier molecular flexibility index (Phi) is 5.53. The van der Waals surface area contributed by atoms with Crippen molar-refractivity contribution >= 4 is 17.5 Å². The van der Waals surface area contributed by atoms with Crippen LogP contribution in [0.4, 0.5) is 5.69 Å². The Morgan fingerprint density at radius 2 is 1.75 bits per heavy atom. The molecule has 1 saturated heterocycles. The number of nitrogens with one attached hydrogen (secondary N) is 1. The van der Waals surface area contributed by atoms with E-state index in [4.69, 9.17) is 9.15 Å². The van der Waals surface area contributed by atoms with E-state index in [1.165, 1.54) is 11.8 Å². The molecule has 6 heteroatoms. The Bertz CT molecular complexity index is 1100. The molecule has 0 aliphatic carbocycles. The van der Waals surface area contributed by atoms with Crippen LogP contribution < -0.4 is 5.32 Å². The van der Waals surface area contributed by atoms with Crippen LogP contribution >= 0.6 is 0 Å². The number of rotatable bonds is 4. The van der Waals surface area contributed by atoms with E-state index in [2.05, 4.69) is 11.4 Å². The van der Waals surface area contributed by atoms with E-state index in [9.17, 15) is 9.59 Å². The third-order valence-corrected chi connectivity index (χ3v) is 6.60. The molecule has 2 aromatic carbocycles. The highest BCUT2D eigenvalue weighted by molar-refractivity contribution is 5.99. The van der Waals surface area contributed by atoms with Gasteiger partial charge in [-0.05, 0) is 60.2 Å². The van der Waals surface area contributed by atoms with E-state index < -0.39 is 5.41 Å². The van der Waals surface area contributed by atoms with Crippen molar-refractivity contribution in [1.82, 2.24) is 4.90 Å². The van der Waals surface area contributed by atoms with E-state index in [-0.39, 0.29) is 11.8 Å². The first-order valence-electron chi connectivity index (χ1n) is 11.0. The molecular formula is C26H26N2O4. The number of ether oxygens (including phenoxy) is 1. The molecule has 1 aromatic heterocycles.